The van der Waals surface area contributed by atoms with E-state index in [4.69, 9.17) is 5.26 Å². The van der Waals surface area contributed by atoms with E-state index in [1.807, 2.05) is 23.1 Å². The highest BCUT2D eigenvalue weighted by molar-refractivity contribution is 5.87. The number of hydrogen-bond donors (Lipinski definition) is 2. The minimum atomic E-state index is -0.539. The molecule has 2 rings (SSSR count). The van der Waals surface area contributed by atoms with E-state index in [-0.39, 0.29) is 18.0 Å². The van der Waals surface area contributed by atoms with Crippen LogP contribution in [0.5, 0.6) is 0 Å². The molecule has 1 aliphatic rings. The second-order valence-electron chi connectivity index (χ2n) is 6.56. The van der Waals surface area contributed by atoms with Gasteiger partial charge in [-0.15, -0.1) is 0 Å². The van der Waals surface area contributed by atoms with Gasteiger partial charge in [-0.25, -0.2) is 4.79 Å². The van der Waals surface area contributed by atoms with Gasteiger partial charge in [0.05, 0.1) is 11.6 Å². The average molecular weight is 342 g/mol. The molecule has 134 valence electrons. The summed E-state index contributed by atoms with van der Waals surface area (Å²) in [4.78, 5) is 26.3. The molecule has 0 spiro atoms. The average Bonchev–Trinajstić information content (AvgIpc) is 2.61. The Kier molecular flexibility index (Phi) is 6.81. The number of nitriles is 1. The number of carbonyl (C=O) groups excluding carboxylic acids is 2. The molecule has 0 saturated carbocycles. The molecule has 0 bridgehead atoms. The van der Waals surface area contributed by atoms with Gasteiger partial charge in [0, 0.05) is 19.1 Å². The molecule has 1 fully saturated rings. The maximum absolute atomic E-state index is 12.5. The molecule has 6 heteroatoms. The summed E-state index contributed by atoms with van der Waals surface area (Å²) >= 11 is 0. The Labute approximate surface area is 149 Å². The minimum Gasteiger partial charge on any atom is -0.338 e. The number of hydrogen-bond acceptors (Lipinski definition) is 3. The Balaban J connectivity index is 1.75. The molecule has 6 nitrogen and oxygen atoms in total. The molecular weight excluding hydrogens is 316 g/mol. The molecule has 1 aliphatic heterocycles. The third kappa shape index (κ3) is 5.49. The van der Waals surface area contributed by atoms with Crippen molar-refractivity contribution in [2.75, 3.05) is 13.1 Å². The van der Waals surface area contributed by atoms with E-state index in [1.54, 1.807) is 13.0 Å². The largest absolute Gasteiger partial charge is 0.338 e. The van der Waals surface area contributed by atoms with Crippen LogP contribution in [0.1, 0.15) is 44.2 Å². The van der Waals surface area contributed by atoms with E-state index in [0.717, 1.165) is 31.4 Å². The number of nitrogens with one attached hydrogen (secondary N) is 2. The molecule has 1 heterocycles. The first-order valence-electron chi connectivity index (χ1n) is 8.85. The summed E-state index contributed by atoms with van der Waals surface area (Å²) in [5.41, 5.74) is 1.60. The number of likely N-dealkylation sites (tertiary alicyclic amines) is 1. The quantitative estimate of drug-likeness (QED) is 0.860. The summed E-state index contributed by atoms with van der Waals surface area (Å²) in [5.74, 6) is -0.0240. The first-order chi connectivity index (χ1) is 12.0. The van der Waals surface area contributed by atoms with Gasteiger partial charge in [0.25, 0.3) is 0 Å². The fraction of sp³-hybridized carbons (Fsp3) is 0.526. The zero-order valence-electron chi connectivity index (χ0n) is 14.9. The molecule has 2 atom stereocenters. The van der Waals surface area contributed by atoms with E-state index in [2.05, 4.69) is 23.6 Å². The fourth-order valence-corrected chi connectivity index (χ4v) is 3.10. The second-order valence-corrected chi connectivity index (χ2v) is 6.56. The number of piperidine rings is 1. The summed E-state index contributed by atoms with van der Waals surface area (Å²) < 4.78 is 0. The summed E-state index contributed by atoms with van der Waals surface area (Å²) in [6, 6.07) is 8.76. The number of carbonyl (C=O) groups is 2. The second kappa shape index (κ2) is 9.07. The van der Waals surface area contributed by atoms with Crippen LogP contribution in [0.15, 0.2) is 24.3 Å². The molecule has 1 aromatic rings. The van der Waals surface area contributed by atoms with Crippen LogP contribution in [-0.4, -0.2) is 42.0 Å². The van der Waals surface area contributed by atoms with Gasteiger partial charge in [-0.1, -0.05) is 12.1 Å². The maximum atomic E-state index is 12.5. The number of nitrogens with zero attached hydrogens (tertiary/aromatic N) is 2. The standard InChI is InChI=1S/C19H26N4O2/c1-14-6-3-4-11-23(14)18(24)15(2)22-19(25)21-10-9-16-7-5-8-17(12-16)13-20/h5,7-8,12,14-15H,3-4,6,9-11H2,1-2H3,(H2,21,22,25)/t14-,15-/m1/s1. The van der Waals surface area contributed by atoms with Gasteiger partial charge in [-0.05, 0) is 57.2 Å². The molecule has 0 aliphatic carbocycles. The predicted molar refractivity (Wildman–Crippen MR) is 95.9 cm³/mol. The lowest BCUT2D eigenvalue weighted by molar-refractivity contribution is -0.136. The van der Waals surface area contributed by atoms with Crippen LogP contribution in [0.4, 0.5) is 4.79 Å². The van der Waals surface area contributed by atoms with E-state index >= 15 is 0 Å². The van der Waals surface area contributed by atoms with Crippen LogP contribution >= 0.6 is 0 Å². The minimum absolute atomic E-state index is 0.0240. The molecule has 1 saturated heterocycles. The van der Waals surface area contributed by atoms with Gasteiger partial charge in [-0.2, -0.15) is 5.26 Å². The van der Waals surface area contributed by atoms with Crippen molar-refractivity contribution < 1.29 is 9.59 Å². The summed E-state index contributed by atoms with van der Waals surface area (Å²) in [5, 5.41) is 14.4. The van der Waals surface area contributed by atoms with Crippen molar-refractivity contribution in [1.29, 1.82) is 5.26 Å². The normalized spacial score (nSPS) is 18.1. The molecule has 0 unspecified atom stereocenters. The van der Waals surface area contributed by atoms with Crippen LogP contribution in [0.25, 0.3) is 0 Å². The molecule has 0 aromatic heterocycles. The van der Waals surface area contributed by atoms with E-state index in [9.17, 15) is 9.59 Å². The molecule has 0 radical (unpaired) electrons. The third-order valence-corrected chi connectivity index (χ3v) is 4.56. The fourth-order valence-electron chi connectivity index (χ4n) is 3.10. The van der Waals surface area contributed by atoms with Crippen LogP contribution in [-0.2, 0) is 11.2 Å². The van der Waals surface area contributed by atoms with Crippen LogP contribution in [0.3, 0.4) is 0 Å². The van der Waals surface area contributed by atoms with Crippen molar-refractivity contribution in [3.8, 4) is 6.07 Å². The Hall–Kier alpha value is -2.55. The lowest BCUT2D eigenvalue weighted by Crippen LogP contribution is -2.53. The first kappa shape index (κ1) is 18.8. The van der Waals surface area contributed by atoms with Gasteiger partial charge in [0.2, 0.25) is 5.91 Å². The zero-order chi connectivity index (χ0) is 18.2. The van der Waals surface area contributed by atoms with Gasteiger partial charge in [-0.3, -0.25) is 4.79 Å². The van der Waals surface area contributed by atoms with Crippen LogP contribution in [0.2, 0.25) is 0 Å². The maximum Gasteiger partial charge on any atom is 0.315 e. The molecule has 2 N–H and O–H groups in total. The van der Waals surface area contributed by atoms with Crippen LogP contribution in [0, 0.1) is 11.3 Å². The van der Waals surface area contributed by atoms with Crippen molar-refractivity contribution in [3.05, 3.63) is 35.4 Å². The molecule has 25 heavy (non-hydrogen) atoms. The number of rotatable bonds is 5. The van der Waals surface area contributed by atoms with E-state index in [1.165, 1.54) is 0 Å². The first-order valence-corrected chi connectivity index (χ1v) is 8.85. The molecule has 1 aromatic carbocycles. The van der Waals surface area contributed by atoms with Crippen molar-refractivity contribution in [2.24, 2.45) is 0 Å². The van der Waals surface area contributed by atoms with E-state index in [0.29, 0.717) is 18.5 Å². The highest BCUT2D eigenvalue weighted by atomic mass is 16.2. The van der Waals surface area contributed by atoms with Crippen molar-refractivity contribution in [1.82, 2.24) is 15.5 Å². The highest BCUT2D eigenvalue weighted by Crippen LogP contribution is 2.17. The summed E-state index contributed by atoms with van der Waals surface area (Å²) in [7, 11) is 0. The van der Waals surface area contributed by atoms with Gasteiger partial charge in [0.15, 0.2) is 0 Å². The molecule has 3 amide bonds. The van der Waals surface area contributed by atoms with Crippen molar-refractivity contribution >= 4 is 11.9 Å². The monoisotopic (exact) mass is 342 g/mol. The van der Waals surface area contributed by atoms with Crippen molar-refractivity contribution in [3.63, 3.8) is 0 Å². The summed E-state index contributed by atoms with van der Waals surface area (Å²) in [6.07, 6.45) is 3.83. The van der Waals surface area contributed by atoms with E-state index < -0.39 is 6.04 Å². The number of urea groups is 1. The topological polar surface area (TPSA) is 85.2 Å². The lowest BCUT2D eigenvalue weighted by Gasteiger charge is -2.35. The Bertz CT molecular complexity index is 653. The zero-order valence-corrected chi connectivity index (χ0v) is 14.9. The Morgan fingerprint density at radius 3 is 2.92 bits per heavy atom. The SMILES string of the molecule is C[C@@H]1CCCCN1C(=O)[C@@H](C)NC(=O)NCCc1cccc(C#N)c1. The lowest BCUT2D eigenvalue weighted by atomic mass is 10.0. The van der Waals surface area contributed by atoms with Crippen LogP contribution < -0.4 is 10.6 Å². The number of benzene rings is 1. The molecular formula is C19H26N4O2. The smallest absolute Gasteiger partial charge is 0.315 e. The van der Waals surface area contributed by atoms with Gasteiger partial charge >= 0.3 is 6.03 Å². The van der Waals surface area contributed by atoms with Gasteiger partial charge < -0.3 is 15.5 Å². The van der Waals surface area contributed by atoms with Gasteiger partial charge in [0.1, 0.15) is 6.04 Å². The highest BCUT2D eigenvalue weighted by Gasteiger charge is 2.27. The predicted octanol–water partition coefficient (Wildman–Crippen LogP) is 2.19. The Morgan fingerprint density at radius 2 is 2.20 bits per heavy atom. The van der Waals surface area contributed by atoms with Crippen molar-refractivity contribution in [2.45, 2.75) is 51.6 Å². The third-order valence-electron chi connectivity index (χ3n) is 4.56. The number of amides is 3. The summed E-state index contributed by atoms with van der Waals surface area (Å²) in [6.45, 7) is 4.99. The Morgan fingerprint density at radius 1 is 1.40 bits per heavy atom.